The molecule has 3 aromatic carbocycles. The summed E-state index contributed by atoms with van der Waals surface area (Å²) in [6.07, 6.45) is 0. The van der Waals surface area contributed by atoms with Gasteiger partial charge in [0, 0.05) is 6.54 Å². The first-order valence-electron chi connectivity index (χ1n) is 7.18. The molecule has 3 rings (SSSR count). The smallest absolute Gasteiger partial charge is 0.137 e. The van der Waals surface area contributed by atoms with Gasteiger partial charge in [-0.25, -0.2) is 0 Å². The Morgan fingerprint density at radius 1 is 0.727 bits per heavy atom. The summed E-state index contributed by atoms with van der Waals surface area (Å²) in [7, 11) is 0. The van der Waals surface area contributed by atoms with E-state index >= 15 is 0 Å². The summed E-state index contributed by atoms with van der Waals surface area (Å²) in [5.74, 6) is 0.852. The van der Waals surface area contributed by atoms with Crippen molar-refractivity contribution in [2.75, 3.05) is 5.32 Å². The largest absolute Gasteiger partial charge is 0.421 e. The van der Waals surface area contributed by atoms with Gasteiger partial charge in [-0.15, -0.1) is 0 Å². The van der Waals surface area contributed by atoms with Crippen molar-refractivity contribution in [3.05, 3.63) is 90.5 Å². The molecule has 0 atom stereocenters. The topological polar surface area (TPSA) is 21.3 Å². The van der Waals surface area contributed by atoms with Crippen LogP contribution in [0.1, 0.15) is 5.56 Å². The van der Waals surface area contributed by atoms with E-state index in [9.17, 15) is 0 Å². The van der Waals surface area contributed by atoms with Gasteiger partial charge in [0.15, 0.2) is 0 Å². The maximum atomic E-state index is 5.76. The van der Waals surface area contributed by atoms with Gasteiger partial charge in [-0.2, -0.15) is 0 Å². The predicted molar refractivity (Wildman–Crippen MR) is 93.1 cm³/mol. The van der Waals surface area contributed by atoms with Crippen molar-refractivity contribution in [1.29, 1.82) is 0 Å². The minimum Gasteiger partial charge on any atom is -0.421 e. The number of para-hydroxylation sites is 2. The Hall–Kier alpha value is -2.39. The number of anilines is 1. The SMILES string of the molecule is c1ccc(CNc2ccccc2SOc2ccccc2)cc1. The number of rotatable bonds is 6. The van der Waals surface area contributed by atoms with Gasteiger partial charge >= 0.3 is 0 Å². The predicted octanol–water partition coefficient (Wildman–Crippen LogP) is 5.38. The molecule has 3 aromatic rings. The van der Waals surface area contributed by atoms with Crippen molar-refractivity contribution >= 4 is 17.7 Å². The molecule has 0 aliphatic heterocycles. The van der Waals surface area contributed by atoms with Gasteiger partial charge in [-0.1, -0.05) is 60.7 Å². The van der Waals surface area contributed by atoms with Crippen molar-refractivity contribution in [1.82, 2.24) is 0 Å². The van der Waals surface area contributed by atoms with Crippen LogP contribution in [0.4, 0.5) is 5.69 Å². The lowest BCUT2D eigenvalue weighted by molar-refractivity contribution is 0.646. The van der Waals surface area contributed by atoms with Crippen LogP contribution in [0.5, 0.6) is 5.75 Å². The van der Waals surface area contributed by atoms with Gasteiger partial charge in [0.25, 0.3) is 0 Å². The zero-order chi connectivity index (χ0) is 15.0. The number of nitrogens with one attached hydrogen (secondary N) is 1. The summed E-state index contributed by atoms with van der Waals surface area (Å²) in [6, 6.07) is 28.3. The highest BCUT2D eigenvalue weighted by Crippen LogP contribution is 2.29. The van der Waals surface area contributed by atoms with E-state index in [-0.39, 0.29) is 0 Å². The lowest BCUT2D eigenvalue weighted by Gasteiger charge is -2.11. The highest BCUT2D eigenvalue weighted by molar-refractivity contribution is 7.95. The molecule has 0 amide bonds. The van der Waals surface area contributed by atoms with Crippen LogP contribution in [0, 0.1) is 0 Å². The van der Waals surface area contributed by atoms with Crippen LogP contribution in [-0.2, 0) is 6.54 Å². The third-order valence-electron chi connectivity index (χ3n) is 3.18. The Balaban J connectivity index is 1.65. The van der Waals surface area contributed by atoms with Crippen LogP contribution in [0.25, 0.3) is 0 Å². The molecule has 0 bridgehead atoms. The van der Waals surface area contributed by atoms with Crippen molar-refractivity contribution in [2.45, 2.75) is 11.4 Å². The highest BCUT2D eigenvalue weighted by atomic mass is 32.2. The molecule has 0 radical (unpaired) electrons. The fourth-order valence-electron chi connectivity index (χ4n) is 2.05. The van der Waals surface area contributed by atoms with Gasteiger partial charge < -0.3 is 9.50 Å². The quantitative estimate of drug-likeness (QED) is 0.617. The molecular weight excluding hydrogens is 290 g/mol. The van der Waals surface area contributed by atoms with Gasteiger partial charge in [0.05, 0.1) is 22.6 Å². The van der Waals surface area contributed by atoms with E-state index in [0.29, 0.717) is 0 Å². The van der Waals surface area contributed by atoms with Crippen LogP contribution in [0.3, 0.4) is 0 Å². The van der Waals surface area contributed by atoms with E-state index in [4.69, 9.17) is 4.18 Å². The van der Waals surface area contributed by atoms with Crippen LogP contribution >= 0.6 is 12.0 Å². The molecule has 3 heteroatoms. The zero-order valence-electron chi connectivity index (χ0n) is 12.1. The van der Waals surface area contributed by atoms with Crippen molar-refractivity contribution in [2.24, 2.45) is 0 Å². The average Bonchev–Trinajstić information content (AvgIpc) is 2.61. The molecule has 110 valence electrons. The third kappa shape index (κ3) is 4.06. The lowest BCUT2D eigenvalue weighted by Crippen LogP contribution is -2.00. The summed E-state index contributed by atoms with van der Waals surface area (Å²) in [5, 5.41) is 3.46. The summed E-state index contributed by atoms with van der Waals surface area (Å²) >= 11 is 1.37. The van der Waals surface area contributed by atoms with Gasteiger partial charge in [-0.3, -0.25) is 0 Å². The van der Waals surface area contributed by atoms with Crippen LogP contribution in [-0.4, -0.2) is 0 Å². The van der Waals surface area contributed by atoms with E-state index in [1.54, 1.807) is 0 Å². The number of hydrogen-bond donors (Lipinski definition) is 1. The Morgan fingerprint density at radius 3 is 2.14 bits per heavy atom. The summed E-state index contributed by atoms with van der Waals surface area (Å²) < 4.78 is 5.76. The van der Waals surface area contributed by atoms with Crippen LogP contribution < -0.4 is 9.50 Å². The van der Waals surface area contributed by atoms with E-state index in [2.05, 4.69) is 41.7 Å². The van der Waals surface area contributed by atoms with Gasteiger partial charge in [0.2, 0.25) is 0 Å². The zero-order valence-corrected chi connectivity index (χ0v) is 12.9. The van der Waals surface area contributed by atoms with E-state index in [1.807, 2.05) is 48.5 Å². The minimum absolute atomic E-state index is 0.795. The second-order valence-electron chi connectivity index (χ2n) is 4.82. The molecule has 0 fully saturated rings. The second-order valence-corrected chi connectivity index (χ2v) is 5.59. The third-order valence-corrected chi connectivity index (χ3v) is 4.00. The Morgan fingerprint density at radius 2 is 1.36 bits per heavy atom. The van der Waals surface area contributed by atoms with Crippen molar-refractivity contribution in [3.8, 4) is 5.75 Å². The Kier molecular flexibility index (Phi) is 5.00. The Bertz CT molecular complexity index is 638. The van der Waals surface area contributed by atoms with Crippen LogP contribution in [0.2, 0.25) is 0 Å². The first-order valence-corrected chi connectivity index (χ1v) is 7.92. The molecule has 0 aliphatic rings. The van der Waals surface area contributed by atoms with E-state index < -0.39 is 0 Å². The lowest BCUT2D eigenvalue weighted by atomic mass is 10.2. The summed E-state index contributed by atoms with van der Waals surface area (Å²) in [4.78, 5) is 1.07. The van der Waals surface area contributed by atoms with Crippen LogP contribution in [0.15, 0.2) is 89.8 Å². The molecule has 0 saturated carbocycles. The monoisotopic (exact) mass is 307 g/mol. The number of benzene rings is 3. The molecule has 2 nitrogen and oxygen atoms in total. The first-order chi connectivity index (χ1) is 10.9. The minimum atomic E-state index is 0.795. The highest BCUT2D eigenvalue weighted by Gasteiger charge is 2.04. The Labute approximate surface area is 135 Å². The standard InChI is InChI=1S/C19H17NOS/c1-3-9-16(10-4-1)15-20-18-13-7-8-14-19(18)22-21-17-11-5-2-6-12-17/h1-14,20H,15H2. The fourth-order valence-corrected chi connectivity index (χ4v) is 2.71. The maximum Gasteiger partial charge on any atom is 0.137 e. The van der Waals surface area contributed by atoms with Gasteiger partial charge in [0.1, 0.15) is 5.75 Å². The molecule has 0 heterocycles. The number of hydrogen-bond acceptors (Lipinski definition) is 3. The molecule has 0 unspecified atom stereocenters. The fraction of sp³-hybridized carbons (Fsp3) is 0.0526. The molecule has 0 aromatic heterocycles. The summed E-state index contributed by atoms with van der Waals surface area (Å²) in [5.41, 5.74) is 2.33. The second kappa shape index (κ2) is 7.57. The summed E-state index contributed by atoms with van der Waals surface area (Å²) in [6.45, 7) is 0.795. The average molecular weight is 307 g/mol. The van der Waals surface area contributed by atoms with E-state index in [1.165, 1.54) is 17.6 Å². The molecule has 0 saturated heterocycles. The molecule has 1 N–H and O–H groups in total. The molecule has 22 heavy (non-hydrogen) atoms. The van der Waals surface area contributed by atoms with Crippen molar-refractivity contribution < 1.29 is 4.18 Å². The van der Waals surface area contributed by atoms with E-state index in [0.717, 1.165) is 22.9 Å². The molecule has 0 spiro atoms. The van der Waals surface area contributed by atoms with Crippen molar-refractivity contribution in [3.63, 3.8) is 0 Å². The maximum absolute atomic E-state index is 5.76. The molecular formula is C19H17NOS. The first kappa shape index (κ1) is 14.5. The normalized spacial score (nSPS) is 10.2. The van der Waals surface area contributed by atoms with Gasteiger partial charge in [-0.05, 0) is 29.8 Å². The molecule has 0 aliphatic carbocycles.